The predicted octanol–water partition coefficient (Wildman–Crippen LogP) is 2.92. The monoisotopic (exact) mass is 423 g/mol. The number of nitrogens with zero attached hydrogens (tertiary/aromatic N) is 3. The maximum absolute atomic E-state index is 12.7. The highest BCUT2D eigenvalue weighted by atomic mass is 32.2. The molecular formula is C21H21N5OS2. The lowest BCUT2D eigenvalue weighted by Crippen LogP contribution is -2.60. The number of carbonyl (C=O) groups is 1. The molecule has 2 aliphatic heterocycles. The molecule has 0 saturated carbocycles. The van der Waals surface area contributed by atoms with Crippen molar-refractivity contribution < 1.29 is 4.79 Å². The number of anilines is 1. The van der Waals surface area contributed by atoms with Crippen LogP contribution in [0.5, 0.6) is 0 Å². The lowest BCUT2D eigenvalue weighted by Gasteiger charge is -2.42. The van der Waals surface area contributed by atoms with Crippen LogP contribution in [-0.2, 0) is 5.54 Å². The summed E-state index contributed by atoms with van der Waals surface area (Å²) in [6, 6.07) is 15.5. The van der Waals surface area contributed by atoms with Crippen LogP contribution in [0.2, 0.25) is 0 Å². The molecule has 0 radical (unpaired) electrons. The molecule has 2 aliphatic rings. The maximum atomic E-state index is 12.7. The highest BCUT2D eigenvalue weighted by Crippen LogP contribution is 2.45. The van der Waals surface area contributed by atoms with E-state index < -0.39 is 0 Å². The average Bonchev–Trinajstić information content (AvgIpc) is 3.43. The summed E-state index contributed by atoms with van der Waals surface area (Å²) in [6.45, 7) is 1.67. The summed E-state index contributed by atoms with van der Waals surface area (Å²) >= 11 is 3.51. The van der Waals surface area contributed by atoms with Gasteiger partial charge in [0.05, 0.1) is 5.54 Å². The van der Waals surface area contributed by atoms with Gasteiger partial charge in [-0.1, -0.05) is 24.3 Å². The first-order valence-corrected chi connectivity index (χ1v) is 11.5. The molecule has 2 N–H and O–H groups in total. The second kappa shape index (κ2) is 7.78. The molecule has 2 aromatic heterocycles. The molecule has 0 bridgehead atoms. The molecule has 3 aromatic rings. The minimum atomic E-state index is -0.229. The van der Waals surface area contributed by atoms with Crippen LogP contribution >= 0.6 is 23.1 Å². The predicted molar refractivity (Wildman–Crippen MR) is 117 cm³/mol. The van der Waals surface area contributed by atoms with Crippen LogP contribution in [0.15, 0.2) is 66.3 Å². The van der Waals surface area contributed by atoms with Crippen molar-refractivity contribution in [3.63, 3.8) is 0 Å². The number of aromatic nitrogens is 2. The van der Waals surface area contributed by atoms with Gasteiger partial charge in [-0.3, -0.25) is 10.1 Å². The van der Waals surface area contributed by atoms with Crippen LogP contribution in [0.1, 0.15) is 15.2 Å². The van der Waals surface area contributed by atoms with Gasteiger partial charge in [-0.25, -0.2) is 9.97 Å². The molecule has 8 heteroatoms. The van der Waals surface area contributed by atoms with Crippen LogP contribution in [0.4, 0.5) is 5.95 Å². The van der Waals surface area contributed by atoms with Gasteiger partial charge in [-0.05, 0) is 29.6 Å². The molecule has 3 unspecified atom stereocenters. The zero-order chi connectivity index (χ0) is 19.7. The normalized spacial score (nSPS) is 26.1. The summed E-state index contributed by atoms with van der Waals surface area (Å²) in [7, 11) is 0. The topological polar surface area (TPSA) is 70.2 Å². The van der Waals surface area contributed by atoms with E-state index in [2.05, 4.69) is 43.0 Å². The fraction of sp³-hybridized carbons (Fsp3) is 0.286. The molecule has 0 aliphatic carbocycles. The lowest BCUT2D eigenvalue weighted by atomic mass is 9.86. The Morgan fingerprint density at radius 1 is 1.14 bits per heavy atom. The Morgan fingerprint density at radius 2 is 1.97 bits per heavy atom. The van der Waals surface area contributed by atoms with Gasteiger partial charge in [0.25, 0.3) is 5.91 Å². The number of thiophene rings is 1. The summed E-state index contributed by atoms with van der Waals surface area (Å²) < 4.78 is 0. The third-order valence-electron chi connectivity index (χ3n) is 5.52. The largest absolute Gasteiger partial charge is 0.338 e. The molecule has 5 rings (SSSR count). The molecule has 1 aromatic carbocycles. The number of fused-ring (bicyclic) bond motifs is 1. The first kappa shape index (κ1) is 18.6. The average molecular weight is 424 g/mol. The van der Waals surface area contributed by atoms with Crippen LogP contribution < -0.4 is 15.5 Å². The Kier molecular flexibility index (Phi) is 4.99. The van der Waals surface area contributed by atoms with E-state index in [1.54, 1.807) is 35.5 Å². The number of carbonyl (C=O) groups excluding carboxylic acids is 1. The van der Waals surface area contributed by atoms with Gasteiger partial charge in [0.2, 0.25) is 5.95 Å². The van der Waals surface area contributed by atoms with Crippen LogP contribution in [0.25, 0.3) is 0 Å². The summed E-state index contributed by atoms with van der Waals surface area (Å²) in [5.74, 6) is 2.06. The molecule has 148 valence electrons. The van der Waals surface area contributed by atoms with Crippen molar-refractivity contribution in [3.8, 4) is 0 Å². The van der Waals surface area contributed by atoms with E-state index in [0.717, 1.165) is 24.8 Å². The van der Waals surface area contributed by atoms with Crippen molar-refractivity contribution in [2.45, 2.75) is 11.0 Å². The Hall–Kier alpha value is -2.42. The number of amides is 1. The first-order chi connectivity index (χ1) is 14.2. The fourth-order valence-corrected chi connectivity index (χ4v) is 6.38. The quantitative estimate of drug-likeness (QED) is 0.673. The molecule has 4 heterocycles. The number of thioether (sulfide) groups is 1. The van der Waals surface area contributed by atoms with Gasteiger partial charge < -0.3 is 10.2 Å². The molecule has 6 nitrogen and oxygen atoms in total. The summed E-state index contributed by atoms with van der Waals surface area (Å²) in [5, 5.41) is 9.05. The smallest absolute Gasteiger partial charge is 0.253 e. The third-order valence-corrected chi connectivity index (χ3v) is 7.74. The van der Waals surface area contributed by atoms with Crippen molar-refractivity contribution >= 4 is 35.0 Å². The minimum Gasteiger partial charge on any atom is -0.338 e. The molecule has 2 fully saturated rings. The fourth-order valence-electron chi connectivity index (χ4n) is 4.12. The highest BCUT2D eigenvalue weighted by molar-refractivity contribution is 7.99. The number of benzene rings is 1. The van der Waals surface area contributed by atoms with Gasteiger partial charge >= 0.3 is 0 Å². The second-order valence-electron chi connectivity index (χ2n) is 7.27. The Balaban J connectivity index is 1.40. The molecule has 1 amide bonds. The summed E-state index contributed by atoms with van der Waals surface area (Å²) in [5.41, 5.74) is 0.290. The van der Waals surface area contributed by atoms with Gasteiger partial charge in [-0.15, -0.1) is 23.1 Å². The van der Waals surface area contributed by atoms with Crippen molar-refractivity contribution in [1.82, 2.24) is 20.6 Å². The van der Waals surface area contributed by atoms with E-state index in [1.807, 2.05) is 36.4 Å². The van der Waals surface area contributed by atoms with Gasteiger partial charge in [0.1, 0.15) is 5.50 Å². The number of rotatable bonds is 4. The molecule has 3 atom stereocenters. The van der Waals surface area contributed by atoms with Crippen molar-refractivity contribution in [2.24, 2.45) is 5.92 Å². The highest BCUT2D eigenvalue weighted by Gasteiger charge is 2.52. The van der Waals surface area contributed by atoms with E-state index in [4.69, 9.17) is 0 Å². The number of hydrogen-bond acceptors (Lipinski definition) is 7. The zero-order valence-electron chi connectivity index (χ0n) is 15.7. The molecule has 29 heavy (non-hydrogen) atoms. The Labute approximate surface area is 177 Å². The van der Waals surface area contributed by atoms with Crippen molar-refractivity contribution in [2.75, 3.05) is 23.7 Å². The molecule has 0 spiro atoms. The number of hydrogen-bond donors (Lipinski definition) is 2. The summed E-state index contributed by atoms with van der Waals surface area (Å²) in [6.07, 6.45) is 3.57. The van der Waals surface area contributed by atoms with Gasteiger partial charge in [0, 0.05) is 47.6 Å². The van der Waals surface area contributed by atoms with Crippen molar-refractivity contribution in [3.05, 3.63) is 76.7 Å². The Morgan fingerprint density at radius 3 is 2.72 bits per heavy atom. The van der Waals surface area contributed by atoms with E-state index in [0.29, 0.717) is 11.5 Å². The van der Waals surface area contributed by atoms with Crippen LogP contribution in [0.3, 0.4) is 0 Å². The standard InChI is InChI=1S/C21H21N5OS2/c27-18(15-6-2-1-3-7-15)24-20-25-21(17-8-4-11-28-17)14-26(12-16(21)13-29-20)19-22-9-5-10-23-19/h1-11,16,20,25H,12-14H2,(H,24,27). The maximum Gasteiger partial charge on any atom is 0.253 e. The SMILES string of the molecule is O=C(NC1NC2(c3cccs3)CN(c3ncccn3)CC2CS1)c1ccccc1. The lowest BCUT2D eigenvalue weighted by molar-refractivity contribution is 0.0934. The Bertz CT molecular complexity index is 969. The van der Waals surface area contributed by atoms with Crippen molar-refractivity contribution in [1.29, 1.82) is 0 Å². The first-order valence-electron chi connectivity index (χ1n) is 9.56. The molecular weight excluding hydrogens is 402 g/mol. The van der Waals surface area contributed by atoms with E-state index >= 15 is 0 Å². The third kappa shape index (κ3) is 3.52. The van der Waals surface area contributed by atoms with Crippen LogP contribution in [0, 0.1) is 5.92 Å². The second-order valence-corrected chi connectivity index (χ2v) is 9.36. The number of nitrogens with one attached hydrogen (secondary N) is 2. The van der Waals surface area contributed by atoms with E-state index in [-0.39, 0.29) is 16.9 Å². The molecule has 2 saturated heterocycles. The summed E-state index contributed by atoms with van der Waals surface area (Å²) in [4.78, 5) is 25.1. The van der Waals surface area contributed by atoms with E-state index in [9.17, 15) is 4.79 Å². The van der Waals surface area contributed by atoms with Gasteiger partial charge in [-0.2, -0.15) is 0 Å². The van der Waals surface area contributed by atoms with E-state index in [1.165, 1.54) is 4.88 Å². The van der Waals surface area contributed by atoms with Crippen LogP contribution in [-0.4, -0.2) is 40.2 Å². The van der Waals surface area contributed by atoms with Gasteiger partial charge in [0.15, 0.2) is 0 Å². The minimum absolute atomic E-state index is 0.0587. The zero-order valence-corrected chi connectivity index (χ0v) is 17.3.